The number of rotatable bonds is 4. The lowest BCUT2D eigenvalue weighted by molar-refractivity contribution is -0.356. The molecule has 0 N–H and O–H groups in total. The maximum absolute atomic E-state index is 15.1. The second kappa shape index (κ2) is 10.5. The Morgan fingerprint density at radius 3 is 1.67 bits per heavy atom. The van der Waals surface area contributed by atoms with Crippen LogP contribution in [0.25, 0.3) is 16.7 Å². The molecule has 0 spiro atoms. The molecule has 2 nitrogen and oxygen atoms in total. The maximum Gasteiger partial charge on any atom is 0.737 e. The molecule has 0 unspecified atom stereocenters. The van der Waals surface area contributed by atoms with Gasteiger partial charge in [-0.25, -0.2) is 0 Å². The van der Waals surface area contributed by atoms with Crippen LogP contribution in [0, 0.1) is 11.8 Å². The molecule has 200 valence electrons. The molecule has 5 aromatic rings. The van der Waals surface area contributed by atoms with Crippen molar-refractivity contribution in [3.8, 4) is 11.8 Å². The summed E-state index contributed by atoms with van der Waals surface area (Å²) in [6.45, 7) is -3.94. The van der Waals surface area contributed by atoms with Crippen molar-refractivity contribution in [2.45, 2.75) is 0 Å². The Bertz CT molecular complexity index is 1930. The number of benzene rings is 4. The largest absolute Gasteiger partial charge is 0.737 e. The minimum atomic E-state index is -3.94. The molecule has 0 aliphatic carbocycles. The fraction of sp³-hybridized carbons (Fsp3) is 0. The van der Waals surface area contributed by atoms with Gasteiger partial charge in [-0.05, 0) is 63.9 Å². The Labute approximate surface area is 244 Å². The smallest absolute Gasteiger partial charge is 0.395 e. The molecule has 0 amide bonds. The summed E-state index contributed by atoms with van der Waals surface area (Å²) in [6, 6.07) is 42.8. The minimum absolute atomic E-state index is 0.431. The average molecular weight is 546 g/mol. The van der Waals surface area contributed by atoms with E-state index in [0.717, 1.165) is 47.9 Å². The van der Waals surface area contributed by atoms with Gasteiger partial charge >= 0.3 is 6.97 Å². The summed E-state index contributed by atoms with van der Waals surface area (Å²) >= 11 is 0. The van der Waals surface area contributed by atoms with Crippen LogP contribution in [0.5, 0.6) is 0 Å². The van der Waals surface area contributed by atoms with Crippen LogP contribution in [0.3, 0.4) is 0 Å². The highest BCUT2D eigenvalue weighted by Crippen LogP contribution is 2.37. The number of allylic oxidation sites excluding steroid dienone is 3. The van der Waals surface area contributed by atoms with Gasteiger partial charge in [-0.1, -0.05) is 115 Å². The Balaban J connectivity index is 1.34. The quantitative estimate of drug-likeness (QED) is 0.122. The molecular formula is C37H25BF2N2. The van der Waals surface area contributed by atoms with E-state index in [4.69, 9.17) is 0 Å². The zero-order chi connectivity index (χ0) is 28.5. The van der Waals surface area contributed by atoms with E-state index >= 15 is 8.63 Å². The van der Waals surface area contributed by atoms with E-state index in [9.17, 15) is 0 Å². The first-order valence-electron chi connectivity index (χ1n) is 13.9. The zero-order valence-corrected chi connectivity index (χ0v) is 22.7. The van der Waals surface area contributed by atoms with E-state index < -0.39 is 6.97 Å². The van der Waals surface area contributed by atoms with Gasteiger partial charge in [0.05, 0.1) is 0 Å². The highest BCUT2D eigenvalue weighted by molar-refractivity contribution is 6.57. The normalized spacial score (nSPS) is 14.4. The van der Waals surface area contributed by atoms with Gasteiger partial charge in [-0.3, -0.25) is 0 Å². The van der Waals surface area contributed by atoms with Crippen molar-refractivity contribution in [3.05, 3.63) is 185 Å². The van der Waals surface area contributed by atoms with Crippen LogP contribution in [-0.2, 0) is 0 Å². The fourth-order valence-corrected chi connectivity index (χ4v) is 5.73. The van der Waals surface area contributed by atoms with Crippen molar-refractivity contribution < 1.29 is 13.1 Å². The molecule has 1 aromatic heterocycles. The molecule has 0 bridgehead atoms. The van der Waals surface area contributed by atoms with Gasteiger partial charge in [0.15, 0.2) is 5.70 Å². The molecule has 0 saturated heterocycles. The molecule has 5 heteroatoms. The third-order valence-electron chi connectivity index (χ3n) is 7.68. The Morgan fingerprint density at radius 2 is 1.12 bits per heavy atom. The summed E-state index contributed by atoms with van der Waals surface area (Å²) in [7, 11) is 0. The van der Waals surface area contributed by atoms with E-state index in [1.54, 1.807) is 24.3 Å². The lowest BCUT2D eigenvalue weighted by Gasteiger charge is -2.29. The summed E-state index contributed by atoms with van der Waals surface area (Å²) < 4.78 is 32.2. The van der Waals surface area contributed by atoms with Gasteiger partial charge in [0, 0.05) is 23.4 Å². The minimum Gasteiger partial charge on any atom is -0.395 e. The molecule has 0 radical (unpaired) electrons. The molecule has 2 aliphatic rings. The van der Waals surface area contributed by atoms with Crippen LogP contribution in [0.15, 0.2) is 151 Å². The number of hydrogen-bond acceptors (Lipinski definition) is 0. The highest BCUT2D eigenvalue weighted by atomic mass is 19.2. The molecule has 2 aliphatic heterocycles. The third-order valence-corrected chi connectivity index (χ3v) is 7.68. The highest BCUT2D eigenvalue weighted by Gasteiger charge is 2.51. The van der Waals surface area contributed by atoms with Crippen LogP contribution in [0.2, 0.25) is 0 Å². The van der Waals surface area contributed by atoms with Gasteiger partial charge in [0.25, 0.3) is 0 Å². The number of aromatic nitrogens is 1. The average Bonchev–Trinajstić information content (AvgIpc) is 3.74. The van der Waals surface area contributed by atoms with Crippen LogP contribution in [0.4, 0.5) is 8.63 Å². The molecule has 3 heterocycles. The van der Waals surface area contributed by atoms with Crippen LogP contribution in [0.1, 0.15) is 33.5 Å². The molecule has 0 atom stereocenters. The molecule has 0 fully saturated rings. The lowest BCUT2D eigenvalue weighted by Crippen LogP contribution is -2.49. The van der Waals surface area contributed by atoms with E-state index in [2.05, 4.69) is 96.8 Å². The monoisotopic (exact) mass is 546 g/mol. The predicted molar refractivity (Wildman–Crippen MR) is 168 cm³/mol. The first-order valence-corrected chi connectivity index (χ1v) is 13.9. The Hall–Kier alpha value is -5.47. The topological polar surface area (TPSA) is 7.94 Å². The summed E-state index contributed by atoms with van der Waals surface area (Å²) in [4.78, 5) is 0. The van der Waals surface area contributed by atoms with E-state index in [-0.39, 0.29) is 0 Å². The fourth-order valence-electron chi connectivity index (χ4n) is 5.73. The second-order valence-electron chi connectivity index (χ2n) is 10.2. The van der Waals surface area contributed by atoms with Gasteiger partial charge < -0.3 is 17.6 Å². The van der Waals surface area contributed by atoms with E-state index in [1.165, 1.54) is 12.4 Å². The molecule has 42 heavy (non-hydrogen) atoms. The number of halogens is 2. The maximum atomic E-state index is 15.1. The second-order valence-corrected chi connectivity index (χ2v) is 10.2. The van der Waals surface area contributed by atoms with Crippen molar-refractivity contribution in [2.24, 2.45) is 0 Å². The predicted octanol–water partition coefficient (Wildman–Crippen LogP) is 8.15. The van der Waals surface area contributed by atoms with Gasteiger partial charge in [0.1, 0.15) is 11.8 Å². The van der Waals surface area contributed by atoms with Crippen molar-refractivity contribution in [1.29, 1.82) is 0 Å². The lowest BCUT2D eigenvalue weighted by atomic mass is 9.85. The van der Waals surface area contributed by atoms with Crippen LogP contribution < -0.4 is 0 Å². The van der Waals surface area contributed by atoms with Crippen LogP contribution >= 0.6 is 0 Å². The molecule has 4 aromatic carbocycles. The number of nitrogens with zero attached hydrogens (tertiary/aromatic N) is 2. The third kappa shape index (κ3) is 4.44. The van der Waals surface area contributed by atoms with Crippen molar-refractivity contribution in [1.82, 2.24) is 4.48 Å². The standard InChI is InChI=1S/C37H25BF2N2/c39-38(40)41-26-10-18-34(41)33(35-19-11-27-42(35)38)25-22-28-20-23-32(24-21-28)37(31-16-8-3-9-17-31)36(29-12-4-1-5-13-29)30-14-6-2-7-15-30/h1-21,23-24,26-27H. The van der Waals surface area contributed by atoms with E-state index in [0.29, 0.717) is 17.0 Å². The molecule has 0 saturated carbocycles. The zero-order valence-electron chi connectivity index (χ0n) is 22.7. The van der Waals surface area contributed by atoms with Crippen LogP contribution in [-0.4, -0.2) is 22.1 Å². The van der Waals surface area contributed by atoms with Gasteiger partial charge in [0.2, 0.25) is 0 Å². The Kier molecular flexibility index (Phi) is 6.37. The molecule has 7 rings (SSSR count). The number of hydrogen-bond donors (Lipinski definition) is 0. The SMILES string of the molecule is F[B-]1(F)n2cccc2C(C#Cc2ccc(C(=C(c3ccccc3)c3ccccc3)c3ccccc3)cc2)=C2C=CC=[N+]21. The van der Waals surface area contributed by atoms with Crippen molar-refractivity contribution >= 4 is 29.9 Å². The summed E-state index contributed by atoms with van der Waals surface area (Å²) in [5.74, 6) is 6.44. The first kappa shape index (κ1) is 25.5. The summed E-state index contributed by atoms with van der Waals surface area (Å²) in [5.41, 5.74) is 8.94. The van der Waals surface area contributed by atoms with Gasteiger partial charge in [-0.2, -0.15) is 0 Å². The number of fused-ring (bicyclic) bond motifs is 2. The molecular weight excluding hydrogens is 521 g/mol. The summed E-state index contributed by atoms with van der Waals surface area (Å²) in [6.07, 6.45) is 6.18. The van der Waals surface area contributed by atoms with E-state index in [1.807, 2.05) is 30.3 Å². The van der Waals surface area contributed by atoms with Crippen molar-refractivity contribution in [3.63, 3.8) is 0 Å². The van der Waals surface area contributed by atoms with Crippen molar-refractivity contribution in [2.75, 3.05) is 0 Å². The Morgan fingerprint density at radius 1 is 0.595 bits per heavy atom. The first-order chi connectivity index (χ1) is 20.6. The van der Waals surface area contributed by atoms with Gasteiger partial charge in [-0.15, -0.1) is 0 Å². The summed E-state index contributed by atoms with van der Waals surface area (Å²) in [5, 5.41) is 0.